The highest BCUT2D eigenvalue weighted by molar-refractivity contribution is 6.09. The van der Waals surface area contributed by atoms with Crippen LogP contribution in [0.25, 0.3) is 0 Å². The molecule has 3 aromatic rings. The van der Waals surface area contributed by atoms with Crippen LogP contribution in [0, 0.1) is 0 Å². The molecule has 0 bridgehead atoms. The van der Waals surface area contributed by atoms with E-state index in [2.05, 4.69) is 20.0 Å². The molecule has 8 heteroatoms. The molecule has 2 aliphatic heterocycles. The van der Waals surface area contributed by atoms with Gasteiger partial charge < -0.3 is 25.3 Å². The van der Waals surface area contributed by atoms with E-state index in [0.29, 0.717) is 22.4 Å². The first kappa shape index (κ1) is 27.8. The molecule has 40 heavy (non-hydrogen) atoms. The van der Waals surface area contributed by atoms with Crippen molar-refractivity contribution < 1.29 is 19.8 Å². The zero-order valence-corrected chi connectivity index (χ0v) is 22.8. The van der Waals surface area contributed by atoms with Gasteiger partial charge in [0.2, 0.25) is 0 Å². The Bertz CT molecular complexity index is 1260. The van der Waals surface area contributed by atoms with Gasteiger partial charge in [0.1, 0.15) is 0 Å². The van der Waals surface area contributed by atoms with Gasteiger partial charge in [-0.05, 0) is 92.1 Å². The Morgan fingerprint density at radius 2 is 1.20 bits per heavy atom. The number of aliphatic hydroxyl groups is 2. The van der Waals surface area contributed by atoms with Gasteiger partial charge in [-0.3, -0.25) is 14.5 Å². The van der Waals surface area contributed by atoms with Crippen molar-refractivity contribution in [2.75, 3.05) is 67.5 Å². The number of piperidine rings is 1. The highest BCUT2D eigenvalue weighted by atomic mass is 16.3. The third-order valence-electron chi connectivity index (χ3n) is 7.86. The number of hydrogen-bond donors (Lipinski definition) is 3. The van der Waals surface area contributed by atoms with Crippen LogP contribution in [0.15, 0.2) is 72.8 Å². The number of nitrogens with one attached hydrogen (secondary N) is 1. The summed E-state index contributed by atoms with van der Waals surface area (Å²) in [5.74, 6) is -0.261. The lowest BCUT2D eigenvalue weighted by Gasteiger charge is -2.36. The average molecular weight is 543 g/mol. The SMILES string of the molecule is O=C(Nc1ccc(C(=O)c2ccc(N3CCN(CCCO)CC3)cc2)cc1)c1ccc(N2CCC(O)CC2)cc1. The fourth-order valence-electron chi connectivity index (χ4n) is 5.37. The van der Waals surface area contributed by atoms with Gasteiger partial charge in [0, 0.05) is 86.2 Å². The standard InChI is InChI=1S/C32H38N4O4/c37-23-1-16-34-19-21-36(22-20-34)29-10-4-25(5-11-29)31(39)24-2-8-27(9-3-24)33-32(40)26-6-12-28(13-7-26)35-17-14-30(38)15-18-35/h2-13,30,37-38H,1,14-23H2,(H,33,40). The maximum Gasteiger partial charge on any atom is 0.255 e. The summed E-state index contributed by atoms with van der Waals surface area (Å²) in [6.07, 6.45) is 2.11. The van der Waals surface area contributed by atoms with Gasteiger partial charge >= 0.3 is 0 Å². The minimum Gasteiger partial charge on any atom is -0.396 e. The summed E-state index contributed by atoms with van der Waals surface area (Å²) in [5, 5.41) is 21.7. The number of benzene rings is 3. The minimum atomic E-state index is -0.218. The van der Waals surface area contributed by atoms with Crippen LogP contribution in [0.5, 0.6) is 0 Å². The molecule has 2 saturated heterocycles. The lowest BCUT2D eigenvalue weighted by atomic mass is 10.0. The minimum absolute atomic E-state index is 0.0564. The van der Waals surface area contributed by atoms with Gasteiger partial charge in [-0.2, -0.15) is 0 Å². The Labute approximate surface area is 235 Å². The Morgan fingerprint density at radius 1 is 0.700 bits per heavy atom. The Morgan fingerprint density at radius 3 is 1.75 bits per heavy atom. The molecule has 3 aromatic carbocycles. The predicted octanol–water partition coefficient (Wildman–Crippen LogP) is 3.64. The molecule has 1 amide bonds. The third kappa shape index (κ3) is 6.88. The van der Waals surface area contributed by atoms with Crippen LogP contribution in [-0.4, -0.2) is 85.3 Å². The summed E-state index contributed by atoms with van der Waals surface area (Å²) in [5.41, 5.74) is 4.55. The summed E-state index contributed by atoms with van der Waals surface area (Å²) in [6, 6.07) is 22.3. The van der Waals surface area contributed by atoms with E-state index < -0.39 is 0 Å². The number of aliphatic hydroxyl groups excluding tert-OH is 2. The summed E-state index contributed by atoms with van der Waals surface area (Å²) in [6.45, 7) is 6.59. The molecule has 0 aliphatic carbocycles. The number of nitrogens with zero attached hydrogens (tertiary/aromatic N) is 3. The van der Waals surface area contributed by atoms with Crippen molar-refractivity contribution in [2.45, 2.75) is 25.4 Å². The number of hydrogen-bond acceptors (Lipinski definition) is 7. The Kier molecular flexibility index (Phi) is 9.11. The van der Waals surface area contributed by atoms with E-state index in [1.165, 1.54) is 0 Å². The lowest BCUT2D eigenvalue weighted by Crippen LogP contribution is -2.46. The summed E-state index contributed by atoms with van der Waals surface area (Å²) in [4.78, 5) is 32.8. The van der Waals surface area contributed by atoms with Crippen molar-refractivity contribution in [3.63, 3.8) is 0 Å². The maximum atomic E-state index is 13.1. The van der Waals surface area contributed by atoms with Crippen LogP contribution in [-0.2, 0) is 0 Å². The number of piperazine rings is 1. The van der Waals surface area contributed by atoms with Crippen LogP contribution in [0.3, 0.4) is 0 Å². The normalized spacial score (nSPS) is 16.6. The molecule has 5 rings (SSSR count). The predicted molar refractivity (Wildman–Crippen MR) is 159 cm³/mol. The van der Waals surface area contributed by atoms with E-state index >= 15 is 0 Å². The molecule has 0 spiro atoms. The average Bonchev–Trinajstić information content (AvgIpc) is 3.01. The largest absolute Gasteiger partial charge is 0.396 e. The number of ketones is 1. The van der Waals surface area contributed by atoms with Gasteiger partial charge in [-0.15, -0.1) is 0 Å². The number of rotatable bonds is 9. The molecule has 3 N–H and O–H groups in total. The van der Waals surface area contributed by atoms with Crippen molar-refractivity contribution in [2.24, 2.45) is 0 Å². The van der Waals surface area contributed by atoms with Gasteiger partial charge in [0.25, 0.3) is 5.91 Å². The van der Waals surface area contributed by atoms with E-state index in [1.54, 1.807) is 24.3 Å². The monoisotopic (exact) mass is 542 g/mol. The summed E-state index contributed by atoms with van der Waals surface area (Å²) < 4.78 is 0. The van der Waals surface area contributed by atoms with E-state index in [1.807, 2.05) is 48.5 Å². The quantitative estimate of drug-likeness (QED) is 0.356. The fourth-order valence-corrected chi connectivity index (χ4v) is 5.37. The van der Waals surface area contributed by atoms with Crippen molar-refractivity contribution in [1.82, 2.24) is 4.90 Å². The number of amides is 1. The van der Waals surface area contributed by atoms with Gasteiger partial charge in [0.15, 0.2) is 5.78 Å². The van der Waals surface area contributed by atoms with Crippen molar-refractivity contribution >= 4 is 28.8 Å². The van der Waals surface area contributed by atoms with Crippen LogP contribution in [0.2, 0.25) is 0 Å². The molecule has 8 nitrogen and oxygen atoms in total. The molecular weight excluding hydrogens is 504 g/mol. The van der Waals surface area contributed by atoms with E-state index in [4.69, 9.17) is 5.11 Å². The lowest BCUT2D eigenvalue weighted by molar-refractivity contribution is 0.102. The fraction of sp³-hybridized carbons (Fsp3) is 0.375. The second kappa shape index (κ2) is 13.1. The van der Waals surface area contributed by atoms with E-state index in [9.17, 15) is 14.7 Å². The zero-order valence-electron chi connectivity index (χ0n) is 22.8. The topological polar surface area (TPSA) is 96.4 Å². The Hall–Kier alpha value is -3.72. The van der Waals surface area contributed by atoms with Crippen LogP contribution < -0.4 is 15.1 Å². The molecule has 2 fully saturated rings. The van der Waals surface area contributed by atoms with Crippen LogP contribution >= 0.6 is 0 Å². The summed E-state index contributed by atoms with van der Waals surface area (Å²) in [7, 11) is 0. The second-order valence-corrected chi connectivity index (χ2v) is 10.6. The van der Waals surface area contributed by atoms with Crippen LogP contribution in [0.1, 0.15) is 45.5 Å². The summed E-state index contributed by atoms with van der Waals surface area (Å²) >= 11 is 0. The molecule has 2 aliphatic rings. The van der Waals surface area contributed by atoms with E-state index in [0.717, 1.165) is 76.5 Å². The number of anilines is 3. The van der Waals surface area contributed by atoms with Crippen LogP contribution in [0.4, 0.5) is 17.1 Å². The van der Waals surface area contributed by atoms with Gasteiger partial charge in [0.05, 0.1) is 6.10 Å². The molecule has 210 valence electrons. The maximum absolute atomic E-state index is 13.1. The number of carbonyl (C=O) groups is 2. The Balaban J connectivity index is 1.13. The highest BCUT2D eigenvalue weighted by Gasteiger charge is 2.19. The molecular formula is C32H38N4O4. The molecule has 0 saturated carbocycles. The molecule has 2 heterocycles. The third-order valence-corrected chi connectivity index (χ3v) is 7.86. The first-order chi connectivity index (χ1) is 19.5. The molecule has 0 atom stereocenters. The van der Waals surface area contributed by atoms with E-state index in [-0.39, 0.29) is 24.4 Å². The van der Waals surface area contributed by atoms with Crippen molar-refractivity contribution in [1.29, 1.82) is 0 Å². The number of carbonyl (C=O) groups excluding carboxylic acids is 2. The van der Waals surface area contributed by atoms with Gasteiger partial charge in [-0.1, -0.05) is 0 Å². The van der Waals surface area contributed by atoms with Gasteiger partial charge in [-0.25, -0.2) is 0 Å². The highest BCUT2D eigenvalue weighted by Crippen LogP contribution is 2.22. The molecule has 0 aromatic heterocycles. The van der Waals surface area contributed by atoms with Crippen molar-refractivity contribution in [3.8, 4) is 0 Å². The second-order valence-electron chi connectivity index (χ2n) is 10.6. The molecule has 0 unspecified atom stereocenters. The first-order valence-electron chi connectivity index (χ1n) is 14.2. The first-order valence-corrected chi connectivity index (χ1v) is 14.2. The smallest absolute Gasteiger partial charge is 0.255 e. The van der Waals surface area contributed by atoms with Crippen molar-refractivity contribution in [3.05, 3.63) is 89.5 Å². The molecule has 0 radical (unpaired) electrons. The zero-order chi connectivity index (χ0) is 27.9.